The minimum absolute atomic E-state index is 0.164. The van der Waals surface area contributed by atoms with E-state index in [2.05, 4.69) is 24.1 Å². The number of carbonyl (C=O) groups excluding carboxylic acids is 2. The van der Waals surface area contributed by atoms with Gasteiger partial charge in [-0.1, -0.05) is 27.4 Å². The van der Waals surface area contributed by atoms with Crippen LogP contribution in [0.1, 0.15) is 54.6 Å². The van der Waals surface area contributed by atoms with Crippen LogP contribution in [0.25, 0.3) is 0 Å². The largest absolute Gasteiger partial charge is 0.323 e. The topological polar surface area (TPSA) is 58.2 Å². The van der Waals surface area contributed by atoms with Gasteiger partial charge in [-0.3, -0.25) is 9.59 Å². The van der Waals surface area contributed by atoms with Gasteiger partial charge in [0.05, 0.1) is 0 Å². The Morgan fingerprint density at radius 2 is 1.81 bits per heavy atom. The van der Waals surface area contributed by atoms with Crippen molar-refractivity contribution < 1.29 is 14.0 Å². The fourth-order valence-corrected chi connectivity index (χ4v) is 3.96. The van der Waals surface area contributed by atoms with Crippen LogP contribution < -0.4 is 10.6 Å². The van der Waals surface area contributed by atoms with Gasteiger partial charge in [-0.15, -0.1) is 0 Å². The van der Waals surface area contributed by atoms with Gasteiger partial charge in [0.25, 0.3) is 5.91 Å². The van der Waals surface area contributed by atoms with Gasteiger partial charge in [-0.25, -0.2) is 4.39 Å². The highest BCUT2D eigenvalue weighted by molar-refractivity contribution is 6.05. The predicted octanol–water partition coefficient (Wildman–Crippen LogP) is 4.99. The number of carbonyl (C=O) groups is 2. The van der Waals surface area contributed by atoms with Gasteiger partial charge in [0, 0.05) is 16.9 Å². The van der Waals surface area contributed by atoms with Gasteiger partial charge < -0.3 is 10.6 Å². The molecule has 0 spiro atoms. The third-order valence-electron chi connectivity index (χ3n) is 5.03. The number of rotatable bonds is 4. The van der Waals surface area contributed by atoms with E-state index in [0.717, 1.165) is 12.0 Å². The molecule has 1 unspecified atom stereocenters. The summed E-state index contributed by atoms with van der Waals surface area (Å²) in [6.07, 6.45) is 2.02. The van der Waals surface area contributed by atoms with Crippen LogP contribution in [0.2, 0.25) is 0 Å². The van der Waals surface area contributed by atoms with Crippen LogP contribution in [0.15, 0.2) is 49.1 Å². The first-order chi connectivity index (χ1) is 12.7. The van der Waals surface area contributed by atoms with E-state index in [4.69, 9.17) is 0 Å². The maximum atomic E-state index is 14.4. The van der Waals surface area contributed by atoms with Crippen molar-refractivity contribution in [3.63, 3.8) is 0 Å². The number of halogens is 1. The van der Waals surface area contributed by atoms with Crippen molar-refractivity contribution in [2.75, 3.05) is 10.6 Å². The fraction of sp³-hybridized carbons (Fsp3) is 0.273. The molecular weight excluding hydrogens is 343 g/mol. The van der Waals surface area contributed by atoms with Crippen molar-refractivity contribution in [1.82, 2.24) is 0 Å². The summed E-state index contributed by atoms with van der Waals surface area (Å²) in [4.78, 5) is 24.0. The molecule has 0 aliphatic heterocycles. The molecule has 2 aromatic carbocycles. The Morgan fingerprint density at radius 1 is 1.15 bits per heavy atom. The van der Waals surface area contributed by atoms with Crippen molar-refractivity contribution in [3.8, 4) is 0 Å². The molecule has 0 bridgehead atoms. The summed E-state index contributed by atoms with van der Waals surface area (Å²) in [5.74, 6) is -0.648. The second-order valence-corrected chi connectivity index (χ2v) is 7.60. The standard InChI is InChI=1S/C22H23FN2O2/c1-5-18(26)24-15-8-6-14(7-9-15)21(27)25-17-11-10-16(23)20-19(17)13(2)12-22(20,3)4/h5-11,13H,1,12H2,2-4H3,(H,24,26)(H,25,27). The Hall–Kier alpha value is -2.95. The minimum atomic E-state index is -0.314. The summed E-state index contributed by atoms with van der Waals surface area (Å²) in [6, 6.07) is 9.61. The summed E-state index contributed by atoms with van der Waals surface area (Å²) in [5.41, 5.74) is 2.99. The van der Waals surface area contributed by atoms with Crippen LogP contribution in [0.3, 0.4) is 0 Å². The van der Waals surface area contributed by atoms with Crippen molar-refractivity contribution in [3.05, 3.63) is 71.6 Å². The van der Waals surface area contributed by atoms with Gasteiger partial charge in [0.1, 0.15) is 5.82 Å². The van der Waals surface area contributed by atoms with E-state index < -0.39 is 0 Å². The molecule has 140 valence electrons. The summed E-state index contributed by atoms with van der Waals surface area (Å²) in [7, 11) is 0. The maximum Gasteiger partial charge on any atom is 0.255 e. The number of hydrogen-bond donors (Lipinski definition) is 2. The first-order valence-electron chi connectivity index (χ1n) is 8.90. The van der Waals surface area contributed by atoms with Crippen molar-refractivity contribution in [2.45, 2.75) is 38.5 Å². The number of hydrogen-bond acceptors (Lipinski definition) is 2. The Kier molecular flexibility index (Phi) is 4.87. The second-order valence-electron chi connectivity index (χ2n) is 7.60. The third kappa shape index (κ3) is 3.63. The zero-order valence-corrected chi connectivity index (χ0v) is 15.7. The highest BCUT2D eigenvalue weighted by Crippen LogP contribution is 2.49. The van der Waals surface area contributed by atoms with E-state index in [-0.39, 0.29) is 29.0 Å². The molecule has 2 amide bonds. The van der Waals surface area contributed by atoms with Crippen molar-refractivity contribution in [1.29, 1.82) is 0 Å². The van der Waals surface area contributed by atoms with Gasteiger partial charge in [0.2, 0.25) is 5.91 Å². The fourth-order valence-electron chi connectivity index (χ4n) is 3.96. The SMILES string of the molecule is C=CC(=O)Nc1ccc(C(=O)Nc2ccc(F)c3c2C(C)CC3(C)C)cc1. The van der Waals surface area contributed by atoms with Gasteiger partial charge in [-0.05, 0) is 71.4 Å². The highest BCUT2D eigenvalue weighted by atomic mass is 19.1. The molecule has 0 fully saturated rings. The number of nitrogens with one attached hydrogen (secondary N) is 2. The lowest BCUT2D eigenvalue weighted by atomic mass is 9.85. The van der Waals surface area contributed by atoms with Crippen LogP contribution in [0.5, 0.6) is 0 Å². The van der Waals surface area contributed by atoms with E-state index in [1.165, 1.54) is 12.1 Å². The molecule has 0 saturated heterocycles. The van der Waals surface area contributed by atoms with Gasteiger partial charge >= 0.3 is 0 Å². The number of anilines is 2. The van der Waals surface area contributed by atoms with E-state index in [9.17, 15) is 14.0 Å². The molecule has 2 aromatic rings. The zero-order chi connectivity index (χ0) is 19.8. The number of amides is 2. The van der Waals surface area contributed by atoms with E-state index in [0.29, 0.717) is 22.5 Å². The predicted molar refractivity (Wildman–Crippen MR) is 106 cm³/mol. The van der Waals surface area contributed by atoms with Crippen molar-refractivity contribution >= 4 is 23.2 Å². The molecular formula is C22H23FN2O2. The lowest BCUT2D eigenvalue weighted by molar-refractivity contribution is -0.111. The van der Waals surface area contributed by atoms with Gasteiger partial charge in [-0.2, -0.15) is 0 Å². The van der Waals surface area contributed by atoms with Crippen LogP contribution in [0.4, 0.5) is 15.8 Å². The summed E-state index contributed by atoms with van der Waals surface area (Å²) < 4.78 is 14.4. The second kappa shape index (κ2) is 6.99. The molecule has 0 aromatic heterocycles. The molecule has 1 aliphatic rings. The van der Waals surface area contributed by atoms with Crippen molar-refractivity contribution in [2.24, 2.45) is 0 Å². The lowest BCUT2D eigenvalue weighted by Gasteiger charge is -2.20. The average Bonchev–Trinajstić information content (AvgIpc) is 2.87. The summed E-state index contributed by atoms with van der Waals surface area (Å²) in [5, 5.41) is 5.55. The molecule has 0 heterocycles. The first kappa shape index (κ1) is 18.8. The lowest BCUT2D eigenvalue weighted by Crippen LogP contribution is -2.16. The Morgan fingerprint density at radius 3 is 2.44 bits per heavy atom. The van der Waals surface area contributed by atoms with Crippen LogP contribution in [-0.2, 0) is 10.2 Å². The zero-order valence-electron chi connectivity index (χ0n) is 15.7. The number of fused-ring (bicyclic) bond motifs is 1. The minimum Gasteiger partial charge on any atom is -0.323 e. The quantitative estimate of drug-likeness (QED) is 0.749. The molecule has 1 atom stereocenters. The normalized spacial score (nSPS) is 17.1. The van der Waals surface area contributed by atoms with E-state index in [1.807, 2.05) is 13.8 Å². The van der Waals surface area contributed by atoms with Crippen LogP contribution in [-0.4, -0.2) is 11.8 Å². The molecule has 5 heteroatoms. The highest BCUT2D eigenvalue weighted by Gasteiger charge is 2.39. The molecule has 27 heavy (non-hydrogen) atoms. The van der Waals surface area contributed by atoms with E-state index in [1.54, 1.807) is 30.3 Å². The monoisotopic (exact) mass is 366 g/mol. The van der Waals surface area contributed by atoms with Gasteiger partial charge in [0.15, 0.2) is 0 Å². The van der Waals surface area contributed by atoms with Crippen LogP contribution in [0, 0.1) is 5.82 Å². The first-order valence-corrected chi connectivity index (χ1v) is 8.90. The Balaban J connectivity index is 1.84. The Labute approximate surface area is 158 Å². The smallest absolute Gasteiger partial charge is 0.255 e. The number of benzene rings is 2. The Bertz CT molecular complexity index is 917. The molecule has 3 rings (SSSR count). The summed E-state index contributed by atoms with van der Waals surface area (Å²) in [6.45, 7) is 9.51. The third-order valence-corrected chi connectivity index (χ3v) is 5.03. The molecule has 4 nitrogen and oxygen atoms in total. The van der Waals surface area contributed by atoms with Crippen LogP contribution >= 0.6 is 0 Å². The molecule has 1 aliphatic carbocycles. The molecule has 0 saturated carbocycles. The summed E-state index contributed by atoms with van der Waals surface area (Å²) >= 11 is 0. The average molecular weight is 366 g/mol. The molecule has 0 radical (unpaired) electrons. The maximum absolute atomic E-state index is 14.4. The van der Waals surface area contributed by atoms with E-state index >= 15 is 0 Å². The molecule has 2 N–H and O–H groups in total.